The molecule has 2 N–H and O–H groups in total. The highest BCUT2D eigenvalue weighted by Gasteiger charge is 2.13. The Morgan fingerprint density at radius 3 is 3.20 bits per heavy atom. The molecular formula is C6H10ClN3. The quantitative estimate of drug-likeness (QED) is 0.532. The fourth-order valence-corrected chi connectivity index (χ4v) is 1.13. The second kappa shape index (κ2) is 3.03. The first-order valence-corrected chi connectivity index (χ1v) is 3.17. The predicted octanol–water partition coefficient (Wildman–Crippen LogP) is 0.245. The van der Waals surface area contributed by atoms with E-state index in [9.17, 15) is 0 Å². The summed E-state index contributed by atoms with van der Waals surface area (Å²) in [6, 6.07) is 0. The lowest BCUT2D eigenvalue weighted by atomic mass is 10.1. The van der Waals surface area contributed by atoms with Crippen LogP contribution in [0, 0.1) is 0 Å². The molecule has 4 heteroatoms. The van der Waals surface area contributed by atoms with E-state index in [0.717, 1.165) is 19.5 Å². The average Bonchev–Trinajstić information content (AvgIpc) is 2.33. The molecule has 10 heavy (non-hydrogen) atoms. The smallest absolute Gasteiger partial charge is 0.0672 e. The number of nitrogens with zero attached hydrogens (tertiary/aromatic N) is 1. The summed E-state index contributed by atoms with van der Waals surface area (Å²) >= 11 is 0. The summed E-state index contributed by atoms with van der Waals surface area (Å²) in [6.45, 7) is 1.95. The number of nitrogens with one attached hydrogen (secondary N) is 2. The normalized spacial score (nSPS) is 21.6. The van der Waals surface area contributed by atoms with Crippen LogP contribution in [0.5, 0.6) is 0 Å². The Kier molecular flexibility index (Phi) is 2.29. The van der Waals surface area contributed by atoms with Gasteiger partial charge in [0.25, 0.3) is 0 Å². The summed E-state index contributed by atoms with van der Waals surface area (Å²) in [5.41, 5.74) is 8.73. The first kappa shape index (κ1) is 7.57. The van der Waals surface area contributed by atoms with Gasteiger partial charge in [-0.1, -0.05) is 0 Å². The van der Waals surface area contributed by atoms with Gasteiger partial charge in [-0.2, -0.15) is 0 Å². The number of hydrogen-bond donors (Lipinski definition) is 2. The fraction of sp³-hybridized carbons (Fsp3) is 0.500. The molecule has 2 rings (SSSR count). The SMILES string of the molecule is C1=NCCC2=C1NNC2.Cl. The molecule has 0 aromatic carbocycles. The molecule has 0 radical (unpaired) electrons. The zero-order valence-corrected chi connectivity index (χ0v) is 6.37. The molecular weight excluding hydrogens is 150 g/mol. The molecule has 0 saturated carbocycles. The van der Waals surface area contributed by atoms with Crippen LogP contribution in [0.2, 0.25) is 0 Å². The van der Waals surface area contributed by atoms with Crippen molar-refractivity contribution in [2.45, 2.75) is 6.42 Å². The highest BCUT2D eigenvalue weighted by Crippen LogP contribution is 2.11. The van der Waals surface area contributed by atoms with Gasteiger partial charge in [0.05, 0.1) is 5.70 Å². The standard InChI is InChI=1S/C6H9N3.ClH/c1-2-7-4-6-5(1)3-8-9-6;/h4,8-9H,1-3H2;1H. The molecule has 3 nitrogen and oxygen atoms in total. The minimum Gasteiger partial charge on any atom is -0.320 e. The van der Waals surface area contributed by atoms with E-state index in [2.05, 4.69) is 15.8 Å². The summed E-state index contributed by atoms with van der Waals surface area (Å²) in [5.74, 6) is 0. The minimum absolute atomic E-state index is 0. The van der Waals surface area contributed by atoms with Crippen molar-refractivity contribution < 1.29 is 0 Å². The second-order valence-electron chi connectivity index (χ2n) is 2.28. The fourth-order valence-electron chi connectivity index (χ4n) is 1.13. The molecule has 0 spiro atoms. The van der Waals surface area contributed by atoms with Crippen LogP contribution in [0.4, 0.5) is 0 Å². The number of halogens is 1. The van der Waals surface area contributed by atoms with Gasteiger partial charge in [0.2, 0.25) is 0 Å². The molecule has 0 aromatic rings. The van der Waals surface area contributed by atoms with Crippen molar-refractivity contribution in [3.05, 3.63) is 11.3 Å². The summed E-state index contributed by atoms with van der Waals surface area (Å²) in [5, 5.41) is 0. The molecule has 0 amide bonds. The van der Waals surface area contributed by atoms with Crippen LogP contribution >= 0.6 is 12.4 Å². The molecule has 56 valence electrons. The maximum Gasteiger partial charge on any atom is 0.0672 e. The third-order valence-electron chi connectivity index (χ3n) is 1.67. The van der Waals surface area contributed by atoms with Gasteiger partial charge < -0.3 is 5.43 Å². The van der Waals surface area contributed by atoms with E-state index >= 15 is 0 Å². The van der Waals surface area contributed by atoms with Crippen LogP contribution in [-0.4, -0.2) is 19.3 Å². The number of rotatable bonds is 0. The van der Waals surface area contributed by atoms with E-state index in [4.69, 9.17) is 0 Å². The van der Waals surface area contributed by atoms with E-state index in [-0.39, 0.29) is 12.4 Å². The zero-order valence-electron chi connectivity index (χ0n) is 5.55. The molecule has 2 aliphatic heterocycles. The molecule has 0 aliphatic carbocycles. The lowest BCUT2D eigenvalue weighted by molar-refractivity contribution is 0.710. The first-order chi connectivity index (χ1) is 4.47. The Hall–Kier alpha value is -0.540. The maximum absolute atomic E-state index is 4.13. The lowest BCUT2D eigenvalue weighted by Gasteiger charge is -2.03. The Morgan fingerprint density at radius 1 is 1.50 bits per heavy atom. The van der Waals surface area contributed by atoms with E-state index in [1.165, 1.54) is 11.3 Å². The summed E-state index contributed by atoms with van der Waals surface area (Å²) in [6.07, 6.45) is 3.02. The molecule has 0 unspecified atom stereocenters. The van der Waals surface area contributed by atoms with Crippen molar-refractivity contribution >= 4 is 18.6 Å². The lowest BCUT2D eigenvalue weighted by Crippen LogP contribution is -2.24. The van der Waals surface area contributed by atoms with Crippen molar-refractivity contribution in [3.8, 4) is 0 Å². The van der Waals surface area contributed by atoms with Gasteiger partial charge >= 0.3 is 0 Å². The third-order valence-corrected chi connectivity index (χ3v) is 1.67. The van der Waals surface area contributed by atoms with Crippen LogP contribution in [0.25, 0.3) is 0 Å². The van der Waals surface area contributed by atoms with E-state index in [1.54, 1.807) is 0 Å². The average molecular weight is 160 g/mol. The van der Waals surface area contributed by atoms with Crippen LogP contribution in [0.1, 0.15) is 6.42 Å². The molecule has 0 saturated heterocycles. The van der Waals surface area contributed by atoms with E-state index in [0.29, 0.717) is 0 Å². The van der Waals surface area contributed by atoms with Crippen molar-refractivity contribution in [1.82, 2.24) is 10.9 Å². The van der Waals surface area contributed by atoms with Gasteiger partial charge in [0, 0.05) is 19.3 Å². The Labute approximate surface area is 66.0 Å². The van der Waals surface area contributed by atoms with Gasteiger partial charge in [0.1, 0.15) is 0 Å². The maximum atomic E-state index is 4.13. The van der Waals surface area contributed by atoms with Crippen molar-refractivity contribution in [3.63, 3.8) is 0 Å². The zero-order chi connectivity index (χ0) is 6.10. The second-order valence-corrected chi connectivity index (χ2v) is 2.28. The Bertz CT molecular complexity index is 185. The summed E-state index contributed by atoms with van der Waals surface area (Å²) in [7, 11) is 0. The molecule has 0 fully saturated rings. The summed E-state index contributed by atoms with van der Waals surface area (Å²) in [4.78, 5) is 4.13. The number of aliphatic imine (C=N–C) groups is 1. The largest absolute Gasteiger partial charge is 0.320 e. The third kappa shape index (κ3) is 1.15. The molecule has 0 aromatic heterocycles. The van der Waals surface area contributed by atoms with Gasteiger partial charge in [-0.05, 0) is 12.0 Å². The number of hydrazine groups is 1. The van der Waals surface area contributed by atoms with E-state index < -0.39 is 0 Å². The van der Waals surface area contributed by atoms with Crippen molar-refractivity contribution in [2.75, 3.05) is 13.1 Å². The first-order valence-electron chi connectivity index (χ1n) is 3.17. The van der Waals surface area contributed by atoms with Crippen LogP contribution < -0.4 is 10.9 Å². The molecule has 2 heterocycles. The Balaban J connectivity index is 0.000000500. The number of dihydropyridines is 1. The van der Waals surface area contributed by atoms with Crippen molar-refractivity contribution in [1.29, 1.82) is 0 Å². The highest BCUT2D eigenvalue weighted by atomic mass is 35.5. The minimum atomic E-state index is 0. The monoisotopic (exact) mass is 159 g/mol. The van der Waals surface area contributed by atoms with Gasteiger partial charge in [0.15, 0.2) is 0 Å². The van der Waals surface area contributed by atoms with Gasteiger partial charge in [-0.25, -0.2) is 5.43 Å². The van der Waals surface area contributed by atoms with Gasteiger partial charge in [-0.15, -0.1) is 12.4 Å². The Morgan fingerprint density at radius 2 is 2.40 bits per heavy atom. The van der Waals surface area contributed by atoms with Gasteiger partial charge in [-0.3, -0.25) is 4.99 Å². The summed E-state index contributed by atoms with van der Waals surface area (Å²) < 4.78 is 0. The molecule has 2 aliphatic rings. The molecule has 0 atom stereocenters. The molecule has 0 bridgehead atoms. The number of allylic oxidation sites excluding steroid dienone is 1. The van der Waals surface area contributed by atoms with Crippen LogP contribution in [-0.2, 0) is 0 Å². The van der Waals surface area contributed by atoms with Crippen LogP contribution in [0.15, 0.2) is 16.3 Å². The topological polar surface area (TPSA) is 36.4 Å². The number of hydrogen-bond acceptors (Lipinski definition) is 3. The van der Waals surface area contributed by atoms with Crippen molar-refractivity contribution in [2.24, 2.45) is 4.99 Å². The van der Waals surface area contributed by atoms with E-state index in [1.807, 2.05) is 6.21 Å². The van der Waals surface area contributed by atoms with Crippen LogP contribution in [0.3, 0.4) is 0 Å². The predicted molar refractivity (Wildman–Crippen MR) is 43.4 cm³/mol. The highest BCUT2D eigenvalue weighted by molar-refractivity contribution is 5.85.